The summed E-state index contributed by atoms with van der Waals surface area (Å²) in [5.41, 5.74) is 3.42. The Morgan fingerprint density at radius 2 is 1.80 bits per heavy atom. The zero-order valence-corrected chi connectivity index (χ0v) is 17.6. The molecule has 1 N–H and O–H groups in total. The van der Waals surface area contributed by atoms with Gasteiger partial charge in [-0.05, 0) is 30.3 Å². The van der Waals surface area contributed by atoms with Crippen molar-refractivity contribution in [2.45, 2.75) is 6.42 Å². The van der Waals surface area contributed by atoms with Gasteiger partial charge in [-0.25, -0.2) is 4.98 Å². The maximum atomic E-state index is 12.3. The van der Waals surface area contributed by atoms with Crippen molar-refractivity contribution >= 4 is 34.5 Å². The molecule has 1 aromatic heterocycles. The molecule has 0 saturated carbocycles. The van der Waals surface area contributed by atoms with Crippen molar-refractivity contribution in [3.05, 3.63) is 89.3 Å². The summed E-state index contributed by atoms with van der Waals surface area (Å²) in [6.07, 6.45) is 0.270. The Kier molecular flexibility index (Phi) is 6.42. The molecule has 0 bridgehead atoms. The minimum Gasteiger partial charge on any atom is -0.493 e. The molecule has 1 heterocycles. The highest BCUT2D eigenvalue weighted by Crippen LogP contribution is 2.33. The summed E-state index contributed by atoms with van der Waals surface area (Å²) in [7, 11) is 0. The van der Waals surface area contributed by atoms with Crippen LogP contribution in [-0.2, 0) is 4.79 Å². The number of para-hydroxylation sites is 1. The number of rotatable bonds is 7. The maximum Gasteiger partial charge on any atom is 0.227 e. The van der Waals surface area contributed by atoms with Crippen molar-refractivity contribution in [3.8, 4) is 27.6 Å². The molecular weight excluding hydrogens is 416 g/mol. The van der Waals surface area contributed by atoms with E-state index in [9.17, 15) is 4.79 Å². The molecule has 0 saturated heterocycles. The van der Waals surface area contributed by atoms with Gasteiger partial charge in [0.1, 0.15) is 10.8 Å². The van der Waals surface area contributed by atoms with Gasteiger partial charge in [-0.1, -0.05) is 60.1 Å². The van der Waals surface area contributed by atoms with Gasteiger partial charge in [-0.2, -0.15) is 0 Å². The number of amides is 1. The lowest BCUT2D eigenvalue weighted by Gasteiger charge is -2.08. The molecule has 0 aliphatic rings. The van der Waals surface area contributed by atoms with E-state index in [1.54, 1.807) is 11.3 Å². The first kappa shape index (κ1) is 20.1. The minimum atomic E-state index is -0.0990. The zero-order valence-electron chi connectivity index (χ0n) is 16.0. The molecule has 4 rings (SSSR count). The van der Waals surface area contributed by atoms with Crippen LogP contribution in [0.15, 0.2) is 84.2 Å². The summed E-state index contributed by atoms with van der Waals surface area (Å²) < 4.78 is 5.58. The van der Waals surface area contributed by atoms with Crippen LogP contribution in [0.4, 0.5) is 5.69 Å². The third kappa shape index (κ3) is 5.06. The van der Waals surface area contributed by atoms with E-state index in [2.05, 4.69) is 5.32 Å². The Morgan fingerprint density at radius 1 is 1.00 bits per heavy atom. The molecule has 0 unspecified atom stereocenters. The van der Waals surface area contributed by atoms with E-state index in [4.69, 9.17) is 21.3 Å². The number of carbonyl (C=O) groups is 1. The van der Waals surface area contributed by atoms with Crippen molar-refractivity contribution in [2.24, 2.45) is 0 Å². The second-order valence-corrected chi connectivity index (χ2v) is 7.82. The third-order valence-corrected chi connectivity index (χ3v) is 5.60. The van der Waals surface area contributed by atoms with Crippen LogP contribution in [0, 0.1) is 0 Å². The van der Waals surface area contributed by atoms with Gasteiger partial charge in [0.05, 0.1) is 23.7 Å². The third-order valence-electron chi connectivity index (χ3n) is 4.39. The number of aromatic nitrogens is 1. The highest BCUT2D eigenvalue weighted by Gasteiger charge is 2.10. The standard InChI is InChI=1S/C24H19ClN2O2S/c25-21-12-5-4-11-20(21)24-27-22(16-30-24)17-7-6-8-18(15-17)26-23(28)13-14-29-19-9-2-1-3-10-19/h1-12,15-16H,13-14H2,(H,26,28). The van der Waals surface area contributed by atoms with Gasteiger partial charge in [0.2, 0.25) is 5.91 Å². The van der Waals surface area contributed by atoms with Gasteiger partial charge >= 0.3 is 0 Å². The van der Waals surface area contributed by atoms with Gasteiger partial charge in [0.25, 0.3) is 0 Å². The van der Waals surface area contributed by atoms with Crippen LogP contribution in [0.5, 0.6) is 5.75 Å². The van der Waals surface area contributed by atoms with Crippen LogP contribution in [0.3, 0.4) is 0 Å². The Labute approximate surface area is 184 Å². The minimum absolute atomic E-state index is 0.0990. The lowest BCUT2D eigenvalue weighted by molar-refractivity contribution is -0.116. The van der Waals surface area contributed by atoms with E-state index in [0.29, 0.717) is 11.6 Å². The number of anilines is 1. The number of benzene rings is 3. The SMILES string of the molecule is O=C(CCOc1ccccc1)Nc1cccc(-c2csc(-c3ccccc3Cl)n2)c1. The van der Waals surface area contributed by atoms with E-state index in [1.165, 1.54) is 0 Å². The molecule has 0 aliphatic heterocycles. The fraction of sp³-hybridized carbons (Fsp3) is 0.0833. The summed E-state index contributed by atoms with van der Waals surface area (Å²) in [5.74, 6) is 0.656. The molecule has 1 amide bonds. The number of halogens is 1. The molecule has 6 heteroatoms. The van der Waals surface area contributed by atoms with Crippen LogP contribution in [-0.4, -0.2) is 17.5 Å². The number of thiazole rings is 1. The Bertz CT molecular complexity index is 1140. The normalized spacial score (nSPS) is 10.6. The molecular formula is C24H19ClN2O2S. The predicted molar refractivity (Wildman–Crippen MR) is 123 cm³/mol. The van der Waals surface area contributed by atoms with Gasteiger partial charge < -0.3 is 10.1 Å². The van der Waals surface area contributed by atoms with Crippen LogP contribution in [0.1, 0.15) is 6.42 Å². The highest BCUT2D eigenvalue weighted by molar-refractivity contribution is 7.13. The average Bonchev–Trinajstić information content (AvgIpc) is 3.25. The van der Waals surface area contributed by atoms with Gasteiger partial charge in [-0.3, -0.25) is 4.79 Å². The molecule has 4 aromatic rings. The van der Waals surface area contributed by atoms with E-state index in [-0.39, 0.29) is 12.3 Å². The summed E-state index contributed by atoms with van der Waals surface area (Å²) in [6, 6.07) is 24.8. The Morgan fingerprint density at radius 3 is 2.63 bits per heavy atom. The molecule has 0 atom stereocenters. The first-order valence-electron chi connectivity index (χ1n) is 9.47. The number of hydrogen-bond acceptors (Lipinski definition) is 4. The fourth-order valence-corrected chi connectivity index (χ4v) is 4.07. The lowest BCUT2D eigenvalue weighted by atomic mass is 10.1. The van der Waals surface area contributed by atoms with Gasteiger partial charge in [-0.15, -0.1) is 11.3 Å². The number of ether oxygens (including phenoxy) is 1. The monoisotopic (exact) mass is 434 g/mol. The summed E-state index contributed by atoms with van der Waals surface area (Å²) in [5, 5.41) is 6.46. The van der Waals surface area contributed by atoms with Gasteiger partial charge in [0, 0.05) is 22.2 Å². The average molecular weight is 435 g/mol. The molecule has 0 radical (unpaired) electrons. The molecule has 3 aromatic carbocycles. The zero-order chi connectivity index (χ0) is 20.8. The van der Waals surface area contributed by atoms with E-state index in [0.717, 1.165) is 33.3 Å². The topological polar surface area (TPSA) is 51.2 Å². The largest absolute Gasteiger partial charge is 0.493 e. The van der Waals surface area contributed by atoms with Crippen molar-refractivity contribution in [3.63, 3.8) is 0 Å². The predicted octanol–water partition coefficient (Wildman–Crippen LogP) is 6.54. The molecule has 0 aliphatic carbocycles. The molecule has 0 fully saturated rings. The van der Waals surface area contributed by atoms with E-state index >= 15 is 0 Å². The fourth-order valence-electron chi connectivity index (χ4n) is 2.92. The summed E-state index contributed by atoms with van der Waals surface area (Å²) in [6.45, 7) is 0.322. The molecule has 150 valence electrons. The second kappa shape index (κ2) is 9.57. The van der Waals surface area contributed by atoms with E-state index in [1.807, 2.05) is 84.2 Å². The summed E-state index contributed by atoms with van der Waals surface area (Å²) >= 11 is 7.83. The Balaban J connectivity index is 1.39. The number of nitrogens with zero attached hydrogens (tertiary/aromatic N) is 1. The first-order chi connectivity index (χ1) is 14.7. The number of nitrogens with one attached hydrogen (secondary N) is 1. The first-order valence-corrected chi connectivity index (χ1v) is 10.7. The smallest absolute Gasteiger partial charge is 0.227 e. The molecule has 30 heavy (non-hydrogen) atoms. The number of carbonyl (C=O) groups excluding carboxylic acids is 1. The van der Waals surface area contributed by atoms with Crippen LogP contribution >= 0.6 is 22.9 Å². The van der Waals surface area contributed by atoms with Crippen molar-refractivity contribution in [1.29, 1.82) is 0 Å². The quantitative estimate of drug-likeness (QED) is 0.359. The van der Waals surface area contributed by atoms with Crippen molar-refractivity contribution in [1.82, 2.24) is 4.98 Å². The van der Waals surface area contributed by atoms with Crippen molar-refractivity contribution in [2.75, 3.05) is 11.9 Å². The lowest BCUT2D eigenvalue weighted by Crippen LogP contribution is -2.15. The summed E-state index contributed by atoms with van der Waals surface area (Å²) in [4.78, 5) is 17.0. The second-order valence-electron chi connectivity index (χ2n) is 6.56. The van der Waals surface area contributed by atoms with Crippen molar-refractivity contribution < 1.29 is 9.53 Å². The van der Waals surface area contributed by atoms with Crippen LogP contribution in [0.25, 0.3) is 21.8 Å². The number of hydrogen-bond donors (Lipinski definition) is 1. The van der Waals surface area contributed by atoms with Crippen LogP contribution < -0.4 is 10.1 Å². The molecule has 4 nitrogen and oxygen atoms in total. The molecule has 0 spiro atoms. The van der Waals surface area contributed by atoms with Crippen LogP contribution in [0.2, 0.25) is 5.02 Å². The highest BCUT2D eigenvalue weighted by atomic mass is 35.5. The van der Waals surface area contributed by atoms with Gasteiger partial charge in [0.15, 0.2) is 0 Å². The Hall–Kier alpha value is -3.15. The maximum absolute atomic E-state index is 12.3. The van der Waals surface area contributed by atoms with E-state index < -0.39 is 0 Å².